The Labute approximate surface area is 148 Å². The number of carbonyl (C=O) groups is 2. The molecule has 0 heterocycles. The number of aryl methyl sites for hydroxylation is 3. The van der Waals surface area contributed by atoms with Gasteiger partial charge in [-0.1, -0.05) is 48.0 Å². The fourth-order valence-electron chi connectivity index (χ4n) is 2.60. The van der Waals surface area contributed by atoms with Crippen LogP contribution >= 0.6 is 0 Å². The van der Waals surface area contributed by atoms with Crippen molar-refractivity contribution in [3.63, 3.8) is 0 Å². The van der Waals surface area contributed by atoms with Gasteiger partial charge in [0.05, 0.1) is 0 Å². The van der Waals surface area contributed by atoms with Gasteiger partial charge in [0, 0.05) is 11.8 Å². The normalized spacial score (nSPS) is 12.0. The summed E-state index contributed by atoms with van der Waals surface area (Å²) < 4.78 is 5.17. The molecular weight excluding hydrogens is 314 g/mol. The Morgan fingerprint density at radius 3 is 2.24 bits per heavy atom. The molecule has 0 fully saturated rings. The van der Waals surface area contributed by atoms with Crippen molar-refractivity contribution >= 4 is 23.6 Å². The van der Waals surface area contributed by atoms with E-state index in [0.717, 1.165) is 27.9 Å². The molecule has 4 nitrogen and oxygen atoms in total. The zero-order valence-corrected chi connectivity index (χ0v) is 15.0. The van der Waals surface area contributed by atoms with Crippen LogP contribution in [0.2, 0.25) is 0 Å². The molecule has 0 aliphatic heterocycles. The molecule has 1 unspecified atom stereocenters. The summed E-state index contributed by atoms with van der Waals surface area (Å²) >= 11 is 0. The quantitative estimate of drug-likeness (QED) is 0.657. The second-order valence-corrected chi connectivity index (χ2v) is 6.09. The number of amides is 1. The molecule has 1 atom stereocenters. The van der Waals surface area contributed by atoms with Crippen molar-refractivity contribution in [2.75, 3.05) is 5.32 Å². The Bertz CT molecular complexity index is 771. The zero-order chi connectivity index (χ0) is 18.4. The van der Waals surface area contributed by atoms with Gasteiger partial charge in [-0.2, -0.15) is 0 Å². The van der Waals surface area contributed by atoms with Crippen LogP contribution in [-0.2, 0) is 14.3 Å². The molecule has 25 heavy (non-hydrogen) atoms. The summed E-state index contributed by atoms with van der Waals surface area (Å²) in [6.07, 6.45) is 2.09. The number of carbonyl (C=O) groups excluding carboxylic acids is 2. The summed E-state index contributed by atoms with van der Waals surface area (Å²) in [7, 11) is 0. The van der Waals surface area contributed by atoms with Crippen molar-refractivity contribution in [3.05, 3.63) is 70.8 Å². The summed E-state index contributed by atoms with van der Waals surface area (Å²) in [4.78, 5) is 24.2. The van der Waals surface area contributed by atoms with E-state index in [1.165, 1.54) is 6.08 Å². The predicted molar refractivity (Wildman–Crippen MR) is 100 cm³/mol. The van der Waals surface area contributed by atoms with E-state index in [9.17, 15) is 9.59 Å². The molecule has 0 aliphatic carbocycles. The van der Waals surface area contributed by atoms with Gasteiger partial charge in [-0.05, 0) is 50.5 Å². The van der Waals surface area contributed by atoms with Gasteiger partial charge in [0.2, 0.25) is 0 Å². The Morgan fingerprint density at radius 2 is 1.64 bits per heavy atom. The van der Waals surface area contributed by atoms with E-state index in [1.807, 2.05) is 63.2 Å². The van der Waals surface area contributed by atoms with Crippen LogP contribution in [0.1, 0.15) is 29.2 Å². The third-order valence-electron chi connectivity index (χ3n) is 3.80. The average Bonchev–Trinajstić information content (AvgIpc) is 2.57. The van der Waals surface area contributed by atoms with Crippen molar-refractivity contribution in [3.8, 4) is 0 Å². The first kappa shape index (κ1) is 18.5. The van der Waals surface area contributed by atoms with Gasteiger partial charge in [-0.15, -0.1) is 0 Å². The van der Waals surface area contributed by atoms with E-state index < -0.39 is 12.1 Å². The first-order valence-corrected chi connectivity index (χ1v) is 8.19. The molecule has 0 radical (unpaired) electrons. The molecule has 0 aliphatic rings. The molecular formula is C21H23NO3. The topological polar surface area (TPSA) is 55.4 Å². The molecule has 0 bridgehead atoms. The van der Waals surface area contributed by atoms with Gasteiger partial charge in [-0.3, -0.25) is 4.79 Å². The second kappa shape index (κ2) is 8.29. The average molecular weight is 337 g/mol. The highest BCUT2D eigenvalue weighted by Crippen LogP contribution is 2.22. The zero-order valence-electron chi connectivity index (χ0n) is 15.0. The fraction of sp³-hybridized carbons (Fsp3) is 0.238. The molecule has 0 saturated heterocycles. The van der Waals surface area contributed by atoms with Gasteiger partial charge < -0.3 is 10.1 Å². The van der Waals surface area contributed by atoms with Crippen molar-refractivity contribution < 1.29 is 14.3 Å². The Balaban J connectivity index is 1.96. The third kappa shape index (κ3) is 5.31. The summed E-state index contributed by atoms with van der Waals surface area (Å²) in [6, 6.07) is 13.4. The van der Waals surface area contributed by atoms with Crippen LogP contribution in [0.15, 0.2) is 48.5 Å². The van der Waals surface area contributed by atoms with Gasteiger partial charge in [0.1, 0.15) is 0 Å². The molecule has 130 valence electrons. The van der Waals surface area contributed by atoms with Crippen LogP contribution in [0.25, 0.3) is 6.08 Å². The number of hydrogen-bond acceptors (Lipinski definition) is 3. The number of rotatable bonds is 5. The third-order valence-corrected chi connectivity index (χ3v) is 3.80. The van der Waals surface area contributed by atoms with Crippen molar-refractivity contribution in [2.24, 2.45) is 0 Å². The van der Waals surface area contributed by atoms with E-state index in [4.69, 9.17) is 4.74 Å². The lowest BCUT2D eigenvalue weighted by Crippen LogP contribution is -2.30. The molecule has 2 rings (SSSR count). The Hall–Kier alpha value is -2.88. The minimum Gasteiger partial charge on any atom is -0.449 e. The lowest BCUT2D eigenvalue weighted by molar-refractivity contribution is -0.148. The number of esters is 1. The highest BCUT2D eigenvalue weighted by molar-refractivity contribution is 5.97. The Morgan fingerprint density at radius 1 is 1.04 bits per heavy atom. The molecule has 0 aromatic heterocycles. The van der Waals surface area contributed by atoms with Crippen molar-refractivity contribution in [1.82, 2.24) is 0 Å². The van der Waals surface area contributed by atoms with Crippen LogP contribution < -0.4 is 5.32 Å². The summed E-state index contributed by atoms with van der Waals surface area (Å²) in [5.41, 5.74) is 4.75. The Kier molecular flexibility index (Phi) is 6.12. The standard InChI is InChI=1S/C21H23NO3/c1-14-12-15(2)20(16(3)13-14)22-21(24)17(4)25-19(23)11-10-18-8-6-5-7-9-18/h5-13,17H,1-4H3,(H,22,24). The first-order valence-electron chi connectivity index (χ1n) is 8.19. The van der Waals surface area contributed by atoms with E-state index in [1.54, 1.807) is 13.0 Å². The van der Waals surface area contributed by atoms with E-state index in [2.05, 4.69) is 5.32 Å². The number of hydrogen-bond donors (Lipinski definition) is 1. The predicted octanol–water partition coefficient (Wildman–Crippen LogP) is 4.20. The molecule has 0 saturated carbocycles. The van der Waals surface area contributed by atoms with Gasteiger partial charge in [0.25, 0.3) is 5.91 Å². The largest absolute Gasteiger partial charge is 0.449 e. The van der Waals surface area contributed by atoms with E-state index in [-0.39, 0.29) is 5.91 Å². The fourth-order valence-corrected chi connectivity index (χ4v) is 2.60. The smallest absolute Gasteiger partial charge is 0.331 e. The molecule has 2 aromatic carbocycles. The maximum Gasteiger partial charge on any atom is 0.331 e. The number of anilines is 1. The number of nitrogens with one attached hydrogen (secondary N) is 1. The summed E-state index contributed by atoms with van der Waals surface area (Å²) in [5, 5.41) is 2.84. The van der Waals surface area contributed by atoms with Crippen LogP contribution in [0.3, 0.4) is 0 Å². The van der Waals surface area contributed by atoms with E-state index >= 15 is 0 Å². The van der Waals surface area contributed by atoms with Crippen LogP contribution in [-0.4, -0.2) is 18.0 Å². The van der Waals surface area contributed by atoms with Crippen molar-refractivity contribution in [1.29, 1.82) is 0 Å². The van der Waals surface area contributed by atoms with E-state index in [0.29, 0.717) is 0 Å². The maximum atomic E-state index is 12.3. The van der Waals surface area contributed by atoms with Crippen LogP contribution in [0, 0.1) is 20.8 Å². The first-order chi connectivity index (χ1) is 11.9. The second-order valence-electron chi connectivity index (χ2n) is 6.09. The maximum absolute atomic E-state index is 12.3. The molecule has 1 N–H and O–H groups in total. The highest BCUT2D eigenvalue weighted by Gasteiger charge is 2.18. The molecule has 2 aromatic rings. The van der Waals surface area contributed by atoms with Gasteiger partial charge in [0.15, 0.2) is 6.10 Å². The van der Waals surface area contributed by atoms with Crippen molar-refractivity contribution in [2.45, 2.75) is 33.8 Å². The molecule has 1 amide bonds. The summed E-state index contributed by atoms with van der Waals surface area (Å²) in [6.45, 7) is 7.45. The van der Waals surface area contributed by atoms with Gasteiger partial charge in [-0.25, -0.2) is 4.79 Å². The number of ether oxygens (including phenoxy) is 1. The minimum atomic E-state index is -0.881. The van der Waals surface area contributed by atoms with Crippen LogP contribution in [0.5, 0.6) is 0 Å². The lowest BCUT2D eigenvalue weighted by Gasteiger charge is -2.16. The molecule has 4 heteroatoms. The number of benzene rings is 2. The monoisotopic (exact) mass is 337 g/mol. The molecule has 0 spiro atoms. The SMILES string of the molecule is Cc1cc(C)c(NC(=O)C(C)OC(=O)C=Cc2ccccc2)c(C)c1. The van der Waals surface area contributed by atoms with Crippen LogP contribution in [0.4, 0.5) is 5.69 Å². The van der Waals surface area contributed by atoms with Gasteiger partial charge >= 0.3 is 5.97 Å². The lowest BCUT2D eigenvalue weighted by atomic mass is 10.0. The minimum absolute atomic E-state index is 0.350. The summed E-state index contributed by atoms with van der Waals surface area (Å²) in [5.74, 6) is -0.902. The highest BCUT2D eigenvalue weighted by atomic mass is 16.5.